The number of likely N-dealkylation sites (N-methyl/N-ethyl adjacent to an activating group) is 1. The maximum atomic E-state index is 11.4. The molecule has 15 heavy (non-hydrogen) atoms. The van der Waals surface area contributed by atoms with Crippen LogP contribution >= 0.6 is 27.5 Å². The van der Waals surface area contributed by atoms with Crippen molar-refractivity contribution in [2.45, 2.75) is 12.5 Å². The van der Waals surface area contributed by atoms with Gasteiger partial charge < -0.3 is 11.1 Å². The van der Waals surface area contributed by atoms with Crippen molar-refractivity contribution >= 4 is 33.4 Å². The van der Waals surface area contributed by atoms with E-state index in [2.05, 4.69) is 21.2 Å². The summed E-state index contributed by atoms with van der Waals surface area (Å²) in [6.07, 6.45) is 0. The Labute approximate surface area is 102 Å². The molecule has 0 aliphatic rings. The van der Waals surface area contributed by atoms with Crippen LogP contribution in [0.1, 0.15) is 12.5 Å². The van der Waals surface area contributed by atoms with Crippen molar-refractivity contribution in [3.05, 3.63) is 33.3 Å². The molecule has 0 radical (unpaired) electrons. The quantitative estimate of drug-likeness (QED) is 0.895. The van der Waals surface area contributed by atoms with E-state index in [-0.39, 0.29) is 0 Å². The molecular weight excluding hydrogens is 279 g/mol. The molecule has 1 atom stereocenters. The highest BCUT2D eigenvalue weighted by Gasteiger charge is 2.33. The number of benzene rings is 1. The van der Waals surface area contributed by atoms with Crippen LogP contribution in [-0.2, 0) is 10.3 Å². The first kappa shape index (κ1) is 12.5. The maximum absolute atomic E-state index is 11.4. The molecule has 1 aromatic rings. The summed E-state index contributed by atoms with van der Waals surface area (Å²) >= 11 is 9.36. The first-order chi connectivity index (χ1) is 6.91. The summed E-state index contributed by atoms with van der Waals surface area (Å²) in [6, 6.07) is 5.32. The van der Waals surface area contributed by atoms with Gasteiger partial charge in [-0.25, -0.2) is 0 Å². The molecule has 3 nitrogen and oxygen atoms in total. The monoisotopic (exact) mass is 290 g/mol. The molecule has 0 spiro atoms. The van der Waals surface area contributed by atoms with Crippen molar-refractivity contribution in [2.24, 2.45) is 5.73 Å². The number of halogens is 2. The molecule has 0 bridgehead atoms. The fraction of sp³-hybridized carbons (Fsp3) is 0.300. The lowest BCUT2D eigenvalue weighted by Crippen LogP contribution is -2.48. The number of carbonyl (C=O) groups excluding carboxylic acids is 1. The second-order valence-electron chi connectivity index (χ2n) is 3.36. The minimum Gasteiger partial charge on any atom is -0.368 e. The van der Waals surface area contributed by atoms with E-state index in [1.165, 1.54) is 0 Å². The number of nitrogens with two attached hydrogens (primary N) is 1. The van der Waals surface area contributed by atoms with Gasteiger partial charge in [-0.3, -0.25) is 4.79 Å². The predicted molar refractivity (Wildman–Crippen MR) is 64.8 cm³/mol. The number of rotatable bonds is 3. The summed E-state index contributed by atoms with van der Waals surface area (Å²) in [5, 5.41) is 3.38. The number of nitrogens with one attached hydrogen (secondary N) is 1. The lowest BCUT2D eigenvalue weighted by molar-refractivity contribution is -0.123. The van der Waals surface area contributed by atoms with Crippen molar-refractivity contribution in [3.8, 4) is 0 Å². The van der Waals surface area contributed by atoms with E-state index >= 15 is 0 Å². The lowest BCUT2D eigenvalue weighted by atomic mass is 9.91. The summed E-state index contributed by atoms with van der Waals surface area (Å²) in [5.74, 6) is -0.464. The summed E-state index contributed by atoms with van der Waals surface area (Å²) < 4.78 is 0.860. The van der Waals surface area contributed by atoms with Crippen LogP contribution in [0.4, 0.5) is 0 Å². The summed E-state index contributed by atoms with van der Waals surface area (Å²) in [4.78, 5) is 11.4. The maximum Gasteiger partial charge on any atom is 0.242 e. The average Bonchev–Trinajstić information content (AvgIpc) is 2.16. The zero-order valence-electron chi connectivity index (χ0n) is 8.47. The lowest BCUT2D eigenvalue weighted by Gasteiger charge is -2.27. The Balaban J connectivity index is 3.30. The third-order valence-corrected chi connectivity index (χ3v) is 3.27. The van der Waals surface area contributed by atoms with Gasteiger partial charge in [0, 0.05) is 9.50 Å². The molecule has 0 aromatic heterocycles. The molecule has 0 aliphatic heterocycles. The minimum atomic E-state index is -0.947. The summed E-state index contributed by atoms with van der Waals surface area (Å²) in [5.41, 5.74) is 5.07. The molecule has 0 heterocycles. The van der Waals surface area contributed by atoms with Crippen LogP contribution in [0.15, 0.2) is 22.7 Å². The number of hydrogen-bond acceptors (Lipinski definition) is 2. The Hall–Kier alpha value is -0.580. The van der Waals surface area contributed by atoms with Crippen LogP contribution in [0.3, 0.4) is 0 Å². The Morgan fingerprint density at radius 1 is 1.60 bits per heavy atom. The molecule has 3 N–H and O–H groups in total. The molecule has 0 saturated carbocycles. The molecular formula is C10H12BrClN2O. The fourth-order valence-corrected chi connectivity index (χ4v) is 2.15. The minimum absolute atomic E-state index is 0.464. The number of carbonyl (C=O) groups is 1. The SMILES string of the molecule is CNC(C)(C(N)=O)c1ccc(Br)cc1Cl. The van der Waals surface area contributed by atoms with Crippen molar-refractivity contribution in [2.75, 3.05) is 7.05 Å². The fourth-order valence-electron chi connectivity index (χ4n) is 1.29. The van der Waals surface area contributed by atoms with E-state index < -0.39 is 11.4 Å². The normalized spacial score (nSPS) is 14.7. The first-order valence-corrected chi connectivity index (χ1v) is 5.53. The zero-order valence-corrected chi connectivity index (χ0v) is 10.8. The van der Waals surface area contributed by atoms with Crippen LogP contribution in [0.25, 0.3) is 0 Å². The van der Waals surface area contributed by atoms with Crippen LogP contribution in [0.5, 0.6) is 0 Å². The van der Waals surface area contributed by atoms with Gasteiger partial charge in [-0.1, -0.05) is 33.6 Å². The van der Waals surface area contributed by atoms with Gasteiger partial charge in [-0.2, -0.15) is 0 Å². The molecule has 5 heteroatoms. The summed E-state index contributed by atoms with van der Waals surface area (Å²) in [7, 11) is 1.67. The van der Waals surface area contributed by atoms with Gasteiger partial charge in [0.05, 0.1) is 0 Å². The van der Waals surface area contributed by atoms with Crippen LogP contribution in [-0.4, -0.2) is 13.0 Å². The van der Waals surface area contributed by atoms with Gasteiger partial charge in [0.25, 0.3) is 0 Å². The second kappa shape index (κ2) is 4.51. The van der Waals surface area contributed by atoms with Crippen molar-refractivity contribution < 1.29 is 4.79 Å². The second-order valence-corrected chi connectivity index (χ2v) is 4.69. The van der Waals surface area contributed by atoms with Gasteiger partial charge in [0.1, 0.15) is 5.54 Å². The van der Waals surface area contributed by atoms with E-state index in [1.807, 2.05) is 6.07 Å². The largest absolute Gasteiger partial charge is 0.368 e. The van der Waals surface area contributed by atoms with E-state index in [1.54, 1.807) is 26.1 Å². The number of amides is 1. The van der Waals surface area contributed by atoms with E-state index in [0.29, 0.717) is 10.6 Å². The molecule has 1 aromatic carbocycles. The van der Waals surface area contributed by atoms with Gasteiger partial charge in [0.15, 0.2) is 0 Å². The molecule has 0 fully saturated rings. The van der Waals surface area contributed by atoms with Crippen LogP contribution < -0.4 is 11.1 Å². The van der Waals surface area contributed by atoms with E-state index in [9.17, 15) is 4.79 Å². The molecule has 1 unspecified atom stereocenters. The Morgan fingerprint density at radius 3 is 2.60 bits per heavy atom. The highest BCUT2D eigenvalue weighted by Crippen LogP contribution is 2.30. The third-order valence-electron chi connectivity index (χ3n) is 2.46. The van der Waals surface area contributed by atoms with Gasteiger partial charge in [-0.15, -0.1) is 0 Å². The Bertz CT molecular complexity index is 397. The van der Waals surface area contributed by atoms with Crippen LogP contribution in [0, 0.1) is 0 Å². The smallest absolute Gasteiger partial charge is 0.242 e. The van der Waals surface area contributed by atoms with Gasteiger partial charge >= 0.3 is 0 Å². The highest BCUT2D eigenvalue weighted by atomic mass is 79.9. The van der Waals surface area contributed by atoms with Gasteiger partial charge in [-0.05, 0) is 31.7 Å². The van der Waals surface area contributed by atoms with Crippen molar-refractivity contribution in [1.82, 2.24) is 5.32 Å². The molecule has 0 aliphatic carbocycles. The van der Waals surface area contributed by atoms with Crippen molar-refractivity contribution in [3.63, 3.8) is 0 Å². The standard InChI is InChI=1S/C10H12BrClN2O/c1-10(14-2,9(13)15)7-4-3-6(11)5-8(7)12/h3-5,14H,1-2H3,(H2,13,15). The van der Waals surface area contributed by atoms with Crippen LogP contribution in [0.2, 0.25) is 5.02 Å². The first-order valence-electron chi connectivity index (χ1n) is 4.36. The van der Waals surface area contributed by atoms with Crippen molar-refractivity contribution in [1.29, 1.82) is 0 Å². The Kier molecular flexibility index (Phi) is 3.76. The Morgan fingerprint density at radius 2 is 2.20 bits per heavy atom. The average molecular weight is 292 g/mol. The summed E-state index contributed by atoms with van der Waals surface area (Å²) in [6.45, 7) is 1.70. The highest BCUT2D eigenvalue weighted by molar-refractivity contribution is 9.10. The van der Waals surface area contributed by atoms with E-state index in [0.717, 1.165) is 4.47 Å². The number of primary amides is 1. The topological polar surface area (TPSA) is 55.1 Å². The molecule has 82 valence electrons. The predicted octanol–water partition coefficient (Wildman–Crippen LogP) is 2.02. The molecule has 1 rings (SSSR count). The van der Waals surface area contributed by atoms with E-state index in [4.69, 9.17) is 17.3 Å². The zero-order chi connectivity index (χ0) is 11.6. The van der Waals surface area contributed by atoms with Gasteiger partial charge in [0.2, 0.25) is 5.91 Å². The third kappa shape index (κ3) is 2.33. The molecule has 0 saturated heterocycles. The number of hydrogen-bond donors (Lipinski definition) is 2. The molecule has 1 amide bonds.